The Balaban J connectivity index is 1.39. The number of benzene rings is 7. The van der Waals surface area contributed by atoms with Crippen molar-refractivity contribution in [1.82, 2.24) is 0 Å². The molecule has 0 unspecified atom stereocenters. The maximum atomic E-state index is 2.52. The summed E-state index contributed by atoms with van der Waals surface area (Å²) in [5.41, 5.74) is 21.6. The highest BCUT2D eigenvalue weighted by Gasteiger charge is 2.36. The SMILES string of the molecule is CC(C)c1cc(-c2cc(-c3cc(C(C)(C)C)cc(C(C)(C)C)c3)cc(C(C)(C)C)c2)cc(N(c2ccc3c(c2)C(C)(C)c2ccccc2-3)c2ccccc2-c2ccccc2)c1. The first-order valence-corrected chi connectivity index (χ1v) is 22.4. The minimum atomic E-state index is -0.127. The van der Waals surface area contributed by atoms with Crippen LogP contribution in [0.3, 0.4) is 0 Å². The van der Waals surface area contributed by atoms with Crippen LogP contribution in [0.1, 0.15) is 129 Å². The van der Waals surface area contributed by atoms with Crippen molar-refractivity contribution >= 4 is 17.1 Å². The van der Waals surface area contributed by atoms with Gasteiger partial charge in [0, 0.05) is 22.4 Å². The van der Waals surface area contributed by atoms with Crippen molar-refractivity contribution in [2.45, 2.75) is 118 Å². The maximum Gasteiger partial charge on any atom is 0.0540 e. The van der Waals surface area contributed by atoms with Gasteiger partial charge in [-0.3, -0.25) is 0 Å². The lowest BCUT2D eigenvalue weighted by Crippen LogP contribution is -2.17. The third kappa shape index (κ3) is 8.13. The lowest BCUT2D eigenvalue weighted by Gasteiger charge is -2.31. The number of nitrogens with zero attached hydrogens (tertiary/aromatic N) is 1. The van der Waals surface area contributed by atoms with Gasteiger partial charge in [-0.05, 0) is 131 Å². The summed E-state index contributed by atoms with van der Waals surface area (Å²) in [6.45, 7) is 30.4. The molecule has 8 rings (SSSR count). The number of fused-ring (bicyclic) bond motifs is 3. The summed E-state index contributed by atoms with van der Waals surface area (Å²) in [4.78, 5) is 2.52. The van der Waals surface area contributed by atoms with Crippen molar-refractivity contribution < 1.29 is 0 Å². The molecule has 0 N–H and O–H groups in total. The minimum absolute atomic E-state index is 0.0238. The summed E-state index contributed by atoms with van der Waals surface area (Å²) in [6, 6.07) is 57.8. The predicted octanol–water partition coefficient (Wildman–Crippen LogP) is 17.5. The molecule has 0 radical (unpaired) electrons. The van der Waals surface area contributed by atoms with E-state index in [-0.39, 0.29) is 21.7 Å². The monoisotopic (exact) mass is 800 g/mol. The van der Waals surface area contributed by atoms with Crippen molar-refractivity contribution in [3.8, 4) is 44.5 Å². The molecule has 0 saturated carbocycles. The summed E-state index contributed by atoms with van der Waals surface area (Å²) in [6.07, 6.45) is 0. The molecule has 1 aliphatic rings. The first-order chi connectivity index (χ1) is 28.7. The summed E-state index contributed by atoms with van der Waals surface area (Å²) in [7, 11) is 0. The lowest BCUT2D eigenvalue weighted by molar-refractivity contribution is 0.569. The molecule has 61 heavy (non-hydrogen) atoms. The van der Waals surface area contributed by atoms with E-state index < -0.39 is 0 Å². The Labute approximate surface area is 367 Å². The number of rotatable bonds is 7. The van der Waals surface area contributed by atoms with Crippen molar-refractivity contribution in [1.29, 1.82) is 0 Å². The fourth-order valence-electron chi connectivity index (χ4n) is 9.11. The zero-order chi connectivity index (χ0) is 43.6. The molecule has 0 fully saturated rings. The maximum absolute atomic E-state index is 2.52. The van der Waals surface area contributed by atoms with Gasteiger partial charge in [0.25, 0.3) is 0 Å². The first kappa shape index (κ1) is 42.0. The molecule has 0 aromatic heterocycles. The molecular formula is C60H65N. The standard InChI is InChI=1S/C60H65N/c1-39(2)41-29-44(42-30-43(32-46(31-42)57(3,4)5)45-33-47(58(6,7)8)37-48(34-45)59(9,10)11)36-50(35-41)61(56-26-20-18-23-51(56)40-21-15-14-16-22-40)49-27-28-53-52-24-17-19-25-54(52)60(12,13)55(53)38-49/h14-39H,1-13H3. The second-order valence-electron chi connectivity index (χ2n) is 21.4. The van der Waals surface area contributed by atoms with E-state index in [0.717, 1.165) is 17.1 Å². The van der Waals surface area contributed by atoms with E-state index in [2.05, 4.69) is 247 Å². The van der Waals surface area contributed by atoms with Crippen LogP contribution >= 0.6 is 0 Å². The molecule has 0 spiro atoms. The zero-order valence-corrected chi connectivity index (χ0v) is 39.0. The summed E-state index contributed by atoms with van der Waals surface area (Å²) >= 11 is 0. The number of anilines is 3. The highest BCUT2D eigenvalue weighted by atomic mass is 15.1. The van der Waals surface area contributed by atoms with E-state index in [1.54, 1.807) is 0 Å². The molecule has 7 aromatic rings. The molecule has 0 atom stereocenters. The largest absolute Gasteiger partial charge is 0.310 e. The van der Waals surface area contributed by atoms with Crippen LogP contribution in [0.2, 0.25) is 0 Å². The van der Waals surface area contributed by atoms with Crippen LogP contribution < -0.4 is 4.90 Å². The quantitative estimate of drug-likeness (QED) is 0.155. The zero-order valence-electron chi connectivity index (χ0n) is 39.0. The fraction of sp³-hybridized carbons (Fsp3) is 0.300. The molecule has 0 heterocycles. The van der Waals surface area contributed by atoms with E-state index in [1.165, 1.54) is 77.9 Å². The highest BCUT2D eigenvalue weighted by molar-refractivity contribution is 5.92. The van der Waals surface area contributed by atoms with Crippen molar-refractivity contribution in [2.75, 3.05) is 4.90 Å². The van der Waals surface area contributed by atoms with Crippen LogP contribution in [0.4, 0.5) is 17.1 Å². The van der Waals surface area contributed by atoms with E-state index in [0.29, 0.717) is 5.92 Å². The van der Waals surface area contributed by atoms with E-state index in [4.69, 9.17) is 0 Å². The average molecular weight is 800 g/mol. The Bertz CT molecular complexity index is 2710. The van der Waals surface area contributed by atoms with Crippen LogP contribution in [0, 0.1) is 0 Å². The van der Waals surface area contributed by atoms with E-state index in [9.17, 15) is 0 Å². The van der Waals surface area contributed by atoms with Gasteiger partial charge in [0.15, 0.2) is 0 Å². The molecule has 7 aromatic carbocycles. The Morgan fingerprint density at radius 1 is 0.393 bits per heavy atom. The van der Waals surface area contributed by atoms with Gasteiger partial charge in [0.05, 0.1) is 5.69 Å². The average Bonchev–Trinajstić information content (AvgIpc) is 3.45. The number of hydrogen-bond donors (Lipinski definition) is 0. The second kappa shape index (κ2) is 15.4. The van der Waals surface area contributed by atoms with Crippen LogP contribution in [0.15, 0.2) is 152 Å². The molecule has 0 bridgehead atoms. The molecule has 0 saturated heterocycles. The molecule has 1 nitrogen and oxygen atoms in total. The van der Waals surface area contributed by atoms with Crippen molar-refractivity contribution in [3.63, 3.8) is 0 Å². The van der Waals surface area contributed by atoms with Gasteiger partial charge in [-0.25, -0.2) is 0 Å². The van der Waals surface area contributed by atoms with Gasteiger partial charge in [-0.15, -0.1) is 0 Å². The van der Waals surface area contributed by atoms with Crippen LogP contribution in [0.5, 0.6) is 0 Å². The molecular weight excluding hydrogens is 735 g/mol. The Kier molecular flexibility index (Phi) is 10.6. The van der Waals surface area contributed by atoms with Gasteiger partial charge < -0.3 is 4.90 Å². The number of hydrogen-bond acceptors (Lipinski definition) is 1. The van der Waals surface area contributed by atoms with Crippen LogP contribution in [-0.2, 0) is 21.7 Å². The molecule has 1 heteroatoms. The van der Waals surface area contributed by atoms with Gasteiger partial charge in [-0.1, -0.05) is 205 Å². The Hall–Kier alpha value is -5.66. The summed E-state index contributed by atoms with van der Waals surface area (Å²) in [5, 5.41) is 0. The highest BCUT2D eigenvalue weighted by Crippen LogP contribution is 2.52. The van der Waals surface area contributed by atoms with Gasteiger partial charge in [0.1, 0.15) is 0 Å². The minimum Gasteiger partial charge on any atom is -0.310 e. The third-order valence-corrected chi connectivity index (χ3v) is 13.1. The topological polar surface area (TPSA) is 3.24 Å². The molecule has 0 aliphatic heterocycles. The molecule has 0 amide bonds. The van der Waals surface area contributed by atoms with Crippen LogP contribution in [0.25, 0.3) is 44.5 Å². The summed E-state index contributed by atoms with van der Waals surface area (Å²) < 4.78 is 0. The Morgan fingerprint density at radius 2 is 0.885 bits per heavy atom. The smallest absolute Gasteiger partial charge is 0.0540 e. The van der Waals surface area contributed by atoms with Gasteiger partial charge in [-0.2, -0.15) is 0 Å². The molecule has 1 aliphatic carbocycles. The van der Waals surface area contributed by atoms with Gasteiger partial charge >= 0.3 is 0 Å². The van der Waals surface area contributed by atoms with Crippen molar-refractivity contribution in [2.24, 2.45) is 0 Å². The van der Waals surface area contributed by atoms with Gasteiger partial charge in [0.2, 0.25) is 0 Å². The molecule has 310 valence electrons. The fourth-order valence-corrected chi connectivity index (χ4v) is 9.11. The Morgan fingerprint density at radius 3 is 1.48 bits per heavy atom. The summed E-state index contributed by atoms with van der Waals surface area (Å²) in [5.74, 6) is 0.321. The third-order valence-electron chi connectivity index (χ3n) is 13.1. The van der Waals surface area contributed by atoms with E-state index >= 15 is 0 Å². The number of para-hydroxylation sites is 1. The van der Waals surface area contributed by atoms with Crippen molar-refractivity contribution in [3.05, 3.63) is 185 Å². The normalized spacial score (nSPS) is 13.6. The second-order valence-corrected chi connectivity index (χ2v) is 21.4. The van der Waals surface area contributed by atoms with E-state index in [1.807, 2.05) is 0 Å². The first-order valence-electron chi connectivity index (χ1n) is 22.4. The lowest BCUT2D eigenvalue weighted by atomic mass is 9.78. The predicted molar refractivity (Wildman–Crippen MR) is 265 cm³/mol. The van der Waals surface area contributed by atoms with Crippen LogP contribution in [-0.4, -0.2) is 0 Å².